The van der Waals surface area contributed by atoms with E-state index in [4.69, 9.17) is 29.0 Å². The Hall–Kier alpha value is -2.73. The molecule has 0 radical (unpaired) electrons. The van der Waals surface area contributed by atoms with Crippen LogP contribution in [-0.2, 0) is 10.0 Å². The first-order chi connectivity index (χ1) is 12.7. The number of imidazole rings is 1. The van der Waals surface area contributed by atoms with Gasteiger partial charge in [0, 0.05) is 29.2 Å². The molecule has 0 spiro atoms. The first-order valence-corrected chi connectivity index (χ1v) is 9.70. The minimum absolute atomic E-state index is 0.0211. The third-order valence-corrected chi connectivity index (χ3v) is 4.75. The maximum atomic E-state index is 12.2. The van der Waals surface area contributed by atoms with E-state index in [1.807, 2.05) is 0 Å². The van der Waals surface area contributed by atoms with E-state index in [0.29, 0.717) is 16.4 Å². The summed E-state index contributed by atoms with van der Waals surface area (Å²) >= 11 is 11.0. The van der Waals surface area contributed by atoms with Crippen LogP contribution in [0, 0.1) is 0 Å². The molecule has 0 aliphatic rings. The highest BCUT2D eigenvalue weighted by atomic mass is 35.5. The molecule has 0 unspecified atom stereocenters. The SMILES string of the molecule is NS(=O)(=O)c1ccc(NC(=S)NNC(=O)c2cn3ccc(Cl)cc3n2)cc1. The summed E-state index contributed by atoms with van der Waals surface area (Å²) in [5.74, 6) is -0.497. The Bertz CT molecular complexity index is 1130. The minimum Gasteiger partial charge on any atom is -0.331 e. The quantitative estimate of drug-likeness (QED) is 0.368. The number of carbonyl (C=O) groups excluding carboxylic acids is 1. The van der Waals surface area contributed by atoms with Crippen molar-refractivity contribution in [3.05, 3.63) is 59.5 Å². The highest BCUT2D eigenvalue weighted by Gasteiger charge is 2.11. The zero-order valence-electron chi connectivity index (χ0n) is 13.5. The van der Waals surface area contributed by atoms with E-state index < -0.39 is 15.9 Å². The Morgan fingerprint density at radius 2 is 1.89 bits per heavy atom. The van der Waals surface area contributed by atoms with Gasteiger partial charge < -0.3 is 9.72 Å². The number of anilines is 1. The van der Waals surface area contributed by atoms with Crippen molar-refractivity contribution in [2.45, 2.75) is 4.90 Å². The average molecular weight is 425 g/mol. The van der Waals surface area contributed by atoms with Gasteiger partial charge in [-0.05, 0) is 42.5 Å². The van der Waals surface area contributed by atoms with Crippen molar-refractivity contribution in [2.24, 2.45) is 5.14 Å². The topological polar surface area (TPSA) is 131 Å². The number of sulfonamides is 1. The molecule has 0 saturated carbocycles. The molecule has 3 rings (SSSR count). The fourth-order valence-corrected chi connectivity index (χ4v) is 2.97. The maximum Gasteiger partial charge on any atom is 0.289 e. The van der Waals surface area contributed by atoms with Crippen LogP contribution in [0.3, 0.4) is 0 Å². The third kappa shape index (κ3) is 4.71. The summed E-state index contributed by atoms with van der Waals surface area (Å²) in [6, 6.07) is 8.95. The molecule has 0 bridgehead atoms. The molecule has 9 nitrogen and oxygen atoms in total. The van der Waals surface area contributed by atoms with Crippen molar-refractivity contribution in [3.63, 3.8) is 0 Å². The van der Waals surface area contributed by atoms with Gasteiger partial charge in [-0.3, -0.25) is 15.6 Å². The van der Waals surface area contributed by atoms with Crippen LogP contribution in [0.4, 0.5) is 5.69 Å². The van der Waals surface area contributed by atoms with Gasteiger partial charge in [-0.2, -0.15) is 0 Å². The smallest absolute Gasteiger partial charge is 0.289 e. The zero-order valence-corrected chi connectivity index (χ0v) is 15.9. The van der Waals surface area contributed by atoms with Gasteiger partial charge in [-0.15, -0.1) is 0 Å². The lowest BCUT2D eigenvalue weighted by atomic mass is 10.3. The molecular formula is C15H13ClN6O3S2. The van der Waals surface area contributed by atoms with Gasteiger partial charge in [-0.1, -0.05) is 11.6 Å². The number of nitrogens with zero attached hydrogens (tertiary/aromatic N) is 2. The molecule has 2 heterocycles. The van der Waals surface area contributed by atoms with E-state index in [-0.39, 0.29) is 15.7 Å². The summed E-state index contributed by atoms with van der Waals surface area (Å²) < 4.78 is 24.1. The number of carbonyl (C=O) groups is 1. The predicted octanol–water partition coefficient (Wildman–Crippen LogP) is 1.27. The lowest BCUT2D eigenvalue weighted by molar-refractivity contribution is 0.0939. The molecule has 0 aliphatic heterocycles. The molecule has 0 atom stereocenters. The number of nitrogens with two attached hydrogens (primary N) is 1. The van der Waals surface area contributed by atoms with Gasteiger partial charge in [-0.25, -0.2) is 18.5 Å². The van der Waals surface area contributed by atoms with Crippen LogP contribution in [0.25, 0.3) is 5.65 Å². The molecule has 0 aliphatic carbocycles. The van der Waals surface area contributed by atoms with E-state index >= 15 is 0 Å². The third-order valence-electron chi connectivity index (χ3n) is 3.39. The van der Waals surface area contributed by atoms with Crippen molar-refractivity contribution in [2.75, 3.05) is 5.32 Å². The summed E-state index contributed by atoms with van der Waals surface area (Å²) in [5.41, 5.74) is 6.16. The number of rotatable bonds is 3. The van der Waals surface area contributed by atoms with E-state index in [9.17, 15) is 13.2 Å². The van der Waals surface area contributed by atoms with Crippen LogP contribution >= 0.6 is 23.8 Å². The van der Waals surface area contributed by atoms with Gasteiger partial charge in [0.15, 0.2) is 5.11 Å². The van der Waals surface area contributed by atoms with E-state index in [1.54, 1.807) is 28.9 Å². The summed E-state index contributed by atoms with van der Waals surface area (Å²) in [5, 5.41) is 8.43. The number of primary sulfonamides is 1. The van der Waals surface area contributed by atoms with Crippen LogP contribution < -0.4 is 21.3 Å². The Morgan fingerprint density at radius 3 is 2.56 bits per heavy atom. The number of pyridine rings is 1. The summed E-state index contributed by atoms with van der Waals surface area (Å²) in [6.45, 7) is 0. The number of nitrogens with one attached hydrogen (secondary N) is 3. The number of hydrogen-bond donors (Lipinski definition) is 4. The number of halogens is 1. The van der Waals surface area contributed by atoms with Crippen LogP contribution in [0.2, 0.25) is 5.02 Å². The normalized spacial score (nSPS) is 11.2. The minimum atomic E-state index is -3.76. The number of aromatic nitrogens is 2. The summed E-state index contributed by atoms with van der Waals surface area (Å²) in [6.07, 6.45) is 3.23. The highest BCUT2D eigenvalue weighted by molar-refractivity contribution is 7.89. The van der Waals surface area contributed by atoms with Crippen LogP contribution in [-0.4, -0.2) is 28.8 Å². The number of hydrazine groups is 1. The van der Waals surface area contributed by atoms with Crippen LogP contribution in [0.5, 0.6) is 0 Å². The molecule has 0 fully saturated rings. The molecule has 140 valence electrons. The van der Waals surface area contributed by atoms with Gasteiger partial charge in [0.2, 0.25) is 10.0 Å². The lowest BCUT2D eigenvalue weighted by Crippen LogP contribution is -2.43. The standard InChI is InChI=1S/C15H13ClN6O3S2/c16-9-5-6-22-8-12(19-13(22)7-9)14(23)20-21-15(26)18-10-1-3-11(4-2-10)27(17,24)25/h1-8H,(H,20,23)(H2,17,24,25)(H2,18,21,26). The molecule has 2 aromatic heterocycles. The number of hydrogen-bond acceptors (Lipinski definition) is 5. The molecule has 3 aromatic rings. The number of benzene rings is 1. The second-order valence-corrected chi connectivity index (χ2v) is 7.75. The molecule has 5 N–H and O–H groups in total. The van der Waals surface area contributed by atoms with Crippen molar-refractivity contribution in [1.82, 2.24) is 20.2 Å². The predicted molar refractivity (Wildman–Crippen MR) is 105 cm³/mol. The van der Waals surface area contributed by atoms with Crippen molar-refractivity contribution in [3.8, 4) is 0 Å². The second-order valence-electron chi connectivity index (χ2n) is 5.34. The largest absolute Gasteiger partial charge is 0.331 e. The number of fused-ring (bicyclic) bond motifs is 1. The fourth-order valence-electron chi connectivity index (χ4n) is 2.13. The van der Waals surface area contributed by atoms with Gasteiger partial charge in [0.1, 0.15) is 11.3 Å². The Balaban J connectivity index is 1.58. The molecule has 12 heteroatoms. The first kappa shape index (κ1) is 19.0. The molecule has 1 aromatic carbocycles. The van der Waals surface area contributed by atoms with Gasteiger partial charge >= 0.3 is 0 Å². The Kier molecular flexibility index (Phi) is 5.28. The zero-order chi connectivity index (χ0) is 19.6. The average Bonchev–Trinajstić information content (AvgIpc) is 3.02. The van der Waals surface area contributed by atoms with E-state index in [2.05, 4.69) is 21.2 Å². The van der Waals surface area contributed by atoms with Crippen LogP contribution in [0.15, 0.2) is 53.7 Å². The molecule has 0 saturated heterocycles. The molecular weight excluding hydrogens is 412 g/mol. The van der Waals surface area contributed by atoms with E-state index in [1.165, 1.54) is 24.3 Å². The van der Waals surface area contributed by atoms with Gasteiger partial charge in [0.05, 0.1) is 4.90 Å². The lowest BCUT2D eigenvalue weighted by Gasteiger charge is -2.11. The molecule has 1 amide bonds. The fraction of sp³-hybridized carbons (Fsp3) is 0. The highest BCUT2D eigenvalue weighted by Crippen LogP contribution is 2.13. The Labute approximate surface area is 164 Å². The monoisotopic (exact) mass is 424 g/mol. The van der Waals surface area contributed by atoms with Gasteiger partial charge in [0.25, 0.3) is 5.91 Å². The summed E-state index contributed by atoms with van der Waals surface area (Å²) in [4.78, 5) is 16.3. The van der Waals surface area contributed by atoms with Crippen molar-refractivity contribution in [1.29, 1.82) is 0 Å². The Morgan fingerprint density at radius 1 is 1.19 bits per heavy atom. The maximum absolute atomic E-state index is 12.2. The molecule has 27 heavy (non-hydrogen) atoms. The number of amides is 1. The van der Waals surface area contributed by atoms with Crippen molar-refractivity contribution < 1.29 is 13.2 Å². The summed E-state index contributed by atoms with van der Waals surface area (Å²) in [7, 11) is -3.76. The van der Waals surface area contributed by atoms with Crippen LogP contribution in [0.1, 0.15) is 10.5 Å². The van der Waals surface area contributed by atoms with E-state index in [0.717, 1.165) is 0 Å². The van der Waals surface area contributed by atoms with Crippen molar-refractivity contribution >= 4 is 56.2 Å². The second kappa shape index (κ2) is 7.48. The first-order valence-electron chi connectivity index (χ1n) is 7.37. The number of thiocarbonyl (C=S) groups is 1.